The highest BCUT2D eigenvalue weighted by atomic mass is 16.6. The van der Waals surface area contributed by atoms with Crippen molar-refractivity contribution in [1.82, 2.24) is 10.0 Å². The van der Waals surface area contributed by atoms with Gasteiger partial charge in [-0.3, -0.25) is 19.7 Å². The standard InChI is InChI=1S/C23H27N5O5/c1-4-16-8-6-9-17(5-2)21(16)25-23(31)27-13-7-12-26(27)22(30)18-10-11-19(24-15(3)29)20(14-18)28(32)33/h6,8-11,14H,4-5,7,12-13H2,1-3H3,(H,24,29)(H,25,31). The van der Waals surface area contributed by atoms with Gasteiger partial charge < -0.3 is 10.6 Å². The van der Waals surface area contributed by atoms with Gasteiger partial charge in [-0.1, -0.05) is 32.0 Å². The van der Waals surface area contributed by atoms with Gasteiger partial charge in [0.2, 0.25) is 5.91 Å². The summed E-state index contributed by atoms with van der Waals surface area (Å²) in [5.74, 6) is -0.988. The number of benzene rings is 2. The third-order valence-corrected chi connectivity index (χ3v) is 5.48. The summed E-state index contributed by atoms with van der Waals surface area (Å²) in [6.07, 6.45) is 2.08. The van der Waals surface area contributed by atoms with Crippen molar-refractivity contribution in [3.8, 4) is 0 Å². The topological polar surface area (TPSA) is 125 Å². The molecule has 0 unspecified atom stereocenters. The predicted octanol–water partition coefficient (Wildman–Crippen LogP) is 3.97. The number of rotatable bonds is 6. The Balaban J connectivity index is 1.85. The molecule has 4 amide bonds. The van der Waals surface area contributed by atoms with Gasteiger partial charge in [-0.2, -0.15) is 0 Å². The number of anilines is 2. The minimum atomic E-state index is -0.662. The number of nitro benzene ring substituents is 1. The molecule has 1 saturated heterocycles. The molecule has 0 radical (unpaired) electrons. The molecular weight excluding hydrogens is 426 g/mol. The van der Waals surface area contributed by atoms with Crippen LogP contribution < -0.4 is 10.6 Å². The summed E-state index contributed by atoms with van der Waals surface area (Å²) < 4.78 is 0. The first kappa shape index (κ1) is 23.7. The van der Waals surface area contributed by atoms with Crippen LogP contribution in [-0.4, -0.2) is 45.9 Å². The second kappa shape index (κ2) is 10.1. The molecule has 1 fully saturated rings. The van der Waals surface area contributed by atoms with Crippen molar-refractivity contribution in [2.75, 3.05) is 23.7 Å². The maximum atomic E-state index is 13.2. The fourth-order valence-electron chi connectivity index (χ4n) is 3.87. The predicted molar refractivity (Wildman–Crippen MR) is 124 cm³/mol. The fourth-order valence-corrected chi connectivity index (χ4v) is 3.87. The van der Waals surface area contributed by atoms with Crippen LogP contribution in [0.5, 0.6) is 0 Å². The number of para-hydroxylation sites is 1. The number of hydrogen-bond donors (Lipinski definition) is 2. The van der Waals surface area contributed by atoms with E-state index in [1.54, 1.807) is 0 Å². The molecule has 2 aromatic rings. The third-order valence-electron chi connectivity index (χ3n) is 5.48. The van der Waals surface area contributed by atoms with Crippen LogP contribution in [0.3, 0.4) is 0 Å². The summed E-state index contributed by atoms with van der Waals surface area (Å²) in [5, 5.41) is 19.4. The largest absolute Gasteiger partial charge is 0.340 e. The van der Waals surface area contributed by atoms with Gasteiger partial charge in [0.25, 0.3) is 11.6 Å². The number of hydrogen-bond acceptors (Lipinski definition) is 5. The molecule has 0 saturated carbocycles. The van der Waals surface area contributed by atoms with Crippen molar-refractivity contribution in [2.24, 2.45) is 0 Å². The summed E-state index contributed by atoms with van der Waals surface area (Å²) in [6.45, 7) is 5.91. The van der Waals surface area contributed by atoms with E-state index in [4.69, 9.17) is 0 Å². The molecule has 174 valence electrons. The van der Waals surface area contributed by atoms with Gasteiger partial charge in [0.1, 0.15) is 5.69 Å². The van der Waals surface area contributed by atoms with Gasteiger partial charge in [-0.15, -0.1) is 0 Å². The van der Waals surface area contributed by atoms with E-state index in [2.05, 4.69) is 10.6 Å². The zero-order valence-corrected chi connectivity index (χ0v) is 18.9. The number of urea groups is 1. The minimum absolute atomic E-state index is 0.00309. The highest BCUT2D eigenvalue weighted by Crippen LogP contribution is 2.28. The number of nitro groups is 1. The molecular formula is C23H27N5O5. The summed E-state index contributed by atoms with van der Waals surface area (Å²) >= 11 is 0. The average molecular weight is 453 g/mol. The number of nitrogens with zero attached hydrogens (tertiary/aromatic N) is 3. The first-order chi connectivity index (χ1) is 15.8. The highest BCUT2D eigenvalue weighted by molar-refractivity contribution is 6.00. The van der Waals surface area contributed by atoms with Gasteiger partial charge >= 0.3 is 6.03 Å². The lowest BCUT2D eigenvalue weighted by Crippen LogP contribution is -2.47. The normalized spacial score (nSPS) is 13.1. The molecule has 2 N–H and O–H groups in total. The van der Waals surface area contributed by atoms with Crippen LogP contribution in [0.1, 0.15) is 48.7 Å². The number of nitrogens with one attached hydrogen (secondary N) is 2. The number of aryl methyl sites for hydroxylation is 2. The SMILES string of the molecule is CCc1cccc(CC)c1NC(=O)N1CCCN1C(=O)c1ccc(NC(C)=O)c([N+](=O)[O-])c1. The van der Waals surface area contributed by atoms with Crippen LogP contribution in [0, 0.1) is 10.1 Å². The quantitative estimate of drug-likeness (QED) is 0.506. The molecule has 0 atom stereocenters. The van der Waals surface area contributed by atoms with Crippen LogP contribution in [0.15, 0.2) is 36.4 Å². The Morgan fingerprint density at radius 2 is 1.64 bits per heavy atom. The van der Waals surface area contributed by atoms with Crippen LogP contribution >= 0.6 is 0 Å². The van der Waals surface area contributed by atoms with Crippen molar-refractivity contribution in [3.63, 3.8) is 0 Å². The number of hydrazine groups is 1. The molecule has 0 aromatic heterocycles. The smallest absolute Gasteiger partial charge is 0.321 e. The molecule has 10 heteroatoms. The maximum absolute atomic E-state index is 13.2. The zero-order chi connectivity index (χ0) is 24.1. The number of carbonyl (C=O) groups is 3. The molecule has 0 aliphatic carbocycles. The monoisotopic (exact) mass is 453 g/mol. The fraction of sp³-hybridized carbons (Fsp3) is 0.348. The lowest BCUT2D eigenvalue weighted by Gasteiger charge is -2.29. The van der Waals surface area contributed by atoms with E-state index in [-0.39, 0.29) is 11.3 Å². The highest BCUT2D eigenvalue weighted by Gasteiger charge is 2.33. The van der Waals surface area contributed by atoms with E-state index in [9.17, 15) is 24.5 Å². The summed E-state index contributed by atoms with van der Waals surface area (Å²) in [6, 6.07) is 9.27. The molecule has 0 bridgehead atoms. The molecule has 1 aliphatic heterocycles. The molecule has 0 spiro atoms. The second-order valence-electron chi connectivity index (χ2n) is 7.66. The Labute approximate surface area is 191 Å². The maximum Gasteiger partial charge on any atom is 0.340 e. The van der Waals surface area contributed by atoms with Gasteiger partial charge in [-0.05, 0) is 42.5 Å². The number of carbonyl (C=O) groups excluding carboxylic acids is 3. The van der Waals surface area contributed by atoms with Crippen molar-refractivity contribution in [2.45, 2.75) is 40.0 Å². The molecule has 3 rings (SSSR count). The molecule has 1 heterocycles. The zero-order valence-electron chi connectivity index (χ0n) is 18.9. The molecule has 33 heavy (non-hydrogen) atoms. The molecule has 2 aromatic carbocycles. The molecule has 10 nitrogen and oxygen atoms in total. The van der Waals surface area contributed by atoms with Crippen molar-refractivity contribution < 1.29 is 19.3 Å². The lowest BCUT2D eigenvalue weighted by atomic mass is 10.0. The summed E-state index contributed by atoms with van der Waals surface area (Å²) in [7, 11) is 0. The summed E-state index contributed by atoms with van der Waals surface area (Å²) in [4.78, 5) is 48.4. The Kier molecular flexibility index (Phi) is 7.27. The van der Waals surface area contributed by atoms with Gasteiger partial charge in [0, 0.05) is 37.3 Å². The van der Waals surface area contributed by atoms with Crippen molar-refractivity contribution in [3.05, 3.63) is 63.2 Å². The van der Waals surface area contributed by atoms with E-state index in [1.165, 1.54) is 29.1 Å². The Morgan fingerprint density at radius 1 is 1.00 bits per heavy atom. The Morgan fingerprint density at radius 3 is 2.21 bits per heavy atom. The van der Waals surface area contributed by atoms with E-state index < -0.39 is 28.5 Å². The first-order valence-electron chi connectivity index (χ1n) is 10.8. The Bertz CT molecular complexity index is 1080. The van der Waals surface area contributed by atoms with E-state index >= 15 is 0 Å². The van der Waals surface area contributed by atoms with Crippen molar-refractivity contribution in [1.29, 1.82) is 0 Å². The van der Waals surface area contributed by atoms with Gasteiger partial charge in [0.05, 0.1) is 4.92 Å². The lowest BCUT2D eigenvalue weighted by molar-refractivity contribution is -0.384. The summed E-state index contributed by atoms with van der Waals surface area (Å²) in [5.41, 5.74) is 2.42. The average Bonchev–Trinajstić information content (AvgIpc) is 3.28. The Hall–Kier alpha value is -3.95. The van der Waals surface area contributed by atoms with Crippen molar-refractivity contribution >= 4 is 34.9 Å². The van der Waals surface area contributed by atoms with E-state index in [0.717, 1.165) is 35.7 Å². The van der Waals surface area contributed by atoms with Crippen LogP contribution in [-0.2, 0) is 17.6 Å². The number of amides is 4. The first-order valence-corrected chi connectivity index (χ1v) is 10.8. The van der Waals surface area contributed by atoms with Crippen LogP contribution in [0.25, 0.3) is 0 Å². The van der Waals surface area contributed by atoms with E-state index in [1.807, 2.05) is 32.0 Å². The van der Waals surface area contributed by atoms with Gasteiger partial charge in [0.15, 0.2) is 0 Å². The van der Waals surface area contributed by atoms with Gasteiger partial charge in [-0.25, -0.2) is 14.8 Å². The third kappa shape index (κ3) is 5.11. The van der Waals surface area contributed by atoms with E-state index in [0.29, 0.717) is 19.5 Å². The second-order valence-corrected chi connectivity index (χ2v) is 7.66. The van der Waals surface area contributed by atoms with Crippen LogP contribution in [0.4, 0.5) is 21.9 Å². The molecule has 1 aliphatic rings. The minimum Gasteiger partial charge on any atom is -0.321 e. The van der Waals surface area contributed by atoms with Crippen LogP contribution in [0.2, 0.25) is 0 Å².